The van der Waals surface area contributed by atoms with E-state index in [1.807, 2.05) is 45.9 Å². The Morgan fingerprint density at radius 3 is 2.16 bits per heavy atom. The molecule has 2 aromatic heterocycles. The molecule has 2 amide bonds. The van der Waals surface area contributed by atoms with Gasteiger partial charge in [0.15, 0.2) is 0 Å². The highest BCUT2D eigenvalue weighted by molar-refractivity contribution is 7.84. The summed E-state index contributed by atoms with van der Waals surface area (Å²) in [7, 11) is 0. The molecular weight excluding hydrogens is 613 g/mol. The molecule has 0 unspecified atom stereocenters. The van der Waals surface area contributed by atoms with Gasteiger partial charge in [-0.05, 0) is 91.8 Å². The number of carbonyl (C=O) groups excluding carboxylic acids is 2. The van der Waals surface area contributed by atoms with Crippen molar-refractivity contribution in [3.63, 3.8) is 0 Å². The molecule has 2 aromatic rings. The minimum Gasteiger partial charge on any atom is -0.481 e. The van der Waals surface area contributed by atoms with E-state index in [2.05, 4.69) is 52.4 Å². The Labute approximate surface area is 272 Å². The van der Waals surface area contributed by atoms with Gasteiger partial charge < -0.3 is 30.8 Å². The van der Waals surface area contributed by atoms with Crippen LogP contribution in [0, 0.1) is 25.7 Å². The molecule has 0 radical (unpaired) electrons. The van der Waals surface area contributed by atoms with E-state index in [-0.39, 0.29) is 49.3 Å². The summed E-state index contributed by atoms with van der Waals surface area (Å²) in [5.41, 5.74) is 6.79. The smallest absolute Gasteiger partial charge is 0.303 e. The first-order valence-electron chi connectivity index (χ1n) is 14.8. The van der Waals surface area contributed by atoms with Crippen molar-refractivity contribution >= 4 is 67.2 Å². The predicted molar refractivity (Wildman–Crippen MR) is 180 cm³/mol. The van der Waals surface area contributed by atoms with Gasteiger partial charge in [0.2, 0.25) is 5.91 Å². The number of hydrogen-bond donors (Lipinski definition) is 8. The Bertz CT molecular complexity index is 1760. The van der Waals surface area contributed by atoms with Crippen molar-refractivity contribution in [1.82, 2.24) is 20.6 Å². The number of carbonyl (C=O) groups is 4. The number of aromatic nitrogens is 2. The highest BCUT2D eigenvalue weighted by Gasteiger charge is 2.35. The number of carboxylic acid groups (broad SMARTS) is 2. The monoisotopic (exact) mass is 652 g/mol. The number of allylic oxidation sites excluding steroid dienone is 1. The maximum Gasteiger partial charge on any atom is 0.303 e. The van der Waals surface area contributed by atoms with E-state index in [1.54, 1.807) is 0 Å². The fourth-order valence-corrected chi connectivity index (χ4v) is 6.72. The molecule has 6 N–H and O–H groups in total. The van der Waals surface area contributed by atoms with Gasteiger partial charge in [0, 0.05) is 57.4 Å². The van der Waals surface area contributed by atoms with E-state index < -0.39 is 18.0 Å². The zero-order valence-electron chi connectivity index (χ0n) is 25.8. The van der Waals surface area contributed by atoms with Gasteiger partial charge in [0.05, 0.1) is 11.6 Å². The van der Waals surface area contributed by atoms with E-state index in [1.165, 1.54) is 0 Å². The van der Waals surface area contributed by atoms with Crippen LogP contribution >= 0.6 is 25.3 Å². The van der Waals surface area contributed by atoms with E-state index >= 15 is 0 Å². The number of aliphatic carboxylic acids is 2. The van der Waals surface area contributed by atoms with Gasteiger partial charge in [-0.2, -0.15) is 12.6 Å². The zero-order chi connectivity index (χ0) is 33.2. The van der Waals surface area contributed by atoms with Crippen molar-refractivity contribution in [2.45, 2.75) is 65.8 Å². The average molecular weight is 653 g/mol. The Balaban J connectivity index is 1.88. The van der Waals surface area contributed by atoms with Crippen LogP contribution in [0.2, 0.25) is 0 Å². The quantitative estimate of drug-likeness (QED) is 0.164. The van der Waals surface area contributed by atoms with Crippen molar-refractivity contribution < 1.29 is 29.4 Å². The summed E-state index contributed by atoms with van der Waals surface area (Å²) in [5.74, 6) is -1.72. The highest BCUT2D eigenvalue weighted by atomic mass is 32.1. The number of nitrogens with one attached hydrogen (secondary N) is 4. The summed E-state index contributed by atoms with van der Waals surface area (Å²) in [4.78, 5) is 55.4. The van der Waals surface area contributed by atoms with Crippen LogP contribution in [0.1, 0.15) is 66.8 Å². The molecule has 10 nitrogen and oxygen atoms in total. The molecule has 45 heavy (non-hydrogen) atoms. The van der Waals surface area contributed by atoms with Gasteiger partial charge in [0.25, 0.3) is 5.91 Å². The fraction of sp³-hybridized carbons (Fsp3) is 0.394. The lowest BCUT2D eigenvalue weighted by atomic mass is 9.91. The third-order valence-corrected chi connectivity index (χ3v) is 9.27. The predicted octanol–water partition coefficient (Wildman–Crippen LogP) is 2.90. The summed E-state index contributed by atoms with van der Waals surface area (Å²) in [6.07, 6.45) is 6.79. The number of thiol groups is 2. The first-order chi connectivity index (χ1) is 21.2. The summed E-state index contributed by atoms with van der Waals surface area (Å²) in [5, 5.41) is 26.3. The summed E-state index contributed by atoms with van der Waals surface area (Å²) >= 11 is 8.64. The van der Waals surface area contributed by atoms with Crippen LogP contribution < -0.4 is 21.3 Å². The average Bonchev–Trinajstić information content (AvgIpc) is 3.60. The topological polar surface area (TPSA) is 164 Å². The van der Waals surface area contributed by atoms with Crippen LogP contribution in [0.5, 0.6) is 0 Å². The summed E-state index contributed by atoms with van der Waals surface area (Å²) in [6, 6.07) is -0.403. The largest absolute Gasteiger partial charge is 0.481 e. The molecule has 0 saturated carbocycles. The maximum atomic E-state index is 12.5. The molecule has 4 heterocycles. The van der Waals surface area contributed by atoms with Crippen LogP contribution in [0.25, 0.3) is 18.2 Å². The molecule has 2 aliphatic heterocycles. The second kappa shape index (κ2) is 14.0. The summed E-state index contributed by atoms with van der Waals surface area (Å²) < 4.78 is 0. The van der Waals surface area contributed by atoms with Crippen LogP contribution in [0.15, 0.2) is 28.3 Å². The lowest BCUT2D eigenvalue weighted by molar-refractivity contribution is -0.138. The summed E-state index contributed by atoms with van der Waals surface area (Å²) in [6.45, 7) is 11.3. The van der Waals surface area contributed by atoms with E-state index in [0.29, 0.717) is 27.3 Å². The van der Waals surface area contributed by atoms with Crippen LogP contribution in [-0.2, 0) is 32.0 Å². The molecule has 0 aliphatic carbocycles. The molecule has 12 heteroatoms. The molecule has 2 aliphatic rings. The Morgan fingerprint density at radius 1 is 0.933 bits per heavy atom. The molecule has 1 saturated heterocycles. The van der Waals surface area contributed by atoms with E-state index in [9.17, 15) is 29.4 Å². The van der Waals surface area contributed by atoms with E-state index in [0.717, 1.165) is 51.0 Å². The Kier molecular flexibility index (Phi) is 10.6. The molecule has 240 valence electrons. The number of rotatable bonds is 12. The lowest BCUT2D eigenvalue weighted by Gasteiger charge is -2.12. The minimum absolute atomic E-state index is 0.00630. The van der Waals surface area contributed by atoms with Gasteiger partial charge in [0.1, 0.15) is 0 Å². The number of amides is 2. The SMILES string of the molecule is C=C(S)C1=C(C)[C@@H](/C=c2/[nH]/c(=C/c3[nH]c(/C=C4\NC(=O)[C@H](C)[C@H]4CCS)c(C)c3CCC(=O)O)c(CCC(=O)O)c2C)NC1=O. The lowest BCUT2D eigenvalue weighted by Crippen LogP contribution is -2.29. The van der Waals surface area contributed by atoms with Crippen LogP contribution in [-0.4, -0.2) is 55.7 Å². The highest BCUT2D eigenvalue weighted by Crippen LogP contribution is 2.32. The molecule has 0 bridgehead atoms. The van der Waals surface area contributed by atoms with Crippen molar-refractivity contribution in [2.75, 3.05) is 5.75 Å². The fourth-order valence-electron chi connectivity index (χ4n) is 6.16. The van der Waals surface area contributed by atoms with Gasteiger partial charge in [-0.25, -0.2) is 0 Å². The van der Waals surface area contributed by atoms with Gasteiger partial charge >= 0.3 is 11.9 Å². The maximum absolute atomic E-state index is 12.5. The van der Waals surface area contributed by atoms with E-state index in [4.69, 9.17) is 0 Å². The number of aromatic amines is 2. The second-order valence-electron chi connectivity index (χ2n) is 11.7. The van der Waals surface area contributed by atoms with Gasteiger partial charge in [-0.3, -0.25) is 19.2 Å². The molecule has 3 atom stereocenters. The third-order valence-electron chi connectivity index (χ3n) is 8.79. The Morgan fingerprint density at radius 2 is 1.58 bits per heavy atom. The standard InChI is InChI=1S/C33H40N4O6S2/c1-15-20(6-8-29(38)39)26(34-23(15)12-25-18(4)31(19(5)45)33(43)36-25)14-27-21(7-9-30(40)41)16(2)24(35-27)13-28-22(10-11-44)17(3)32(42)37-28/h12-14,17,22,25,34-35,44-45H,5-11H2,1-4H3,(H,36,43)(H,37,42)(H,38,39)(H,40,41)/b23-12+,26-14+,28-13-/t17-,22-,25-/m1/s1. The first-order valence-corrected chi connectivity index (χ1v) is 15.9. The zero-order valence-corrected chi connectivity index (χ0v) is 27.6. The van der Waals surface area contributed by atoms with Gasteiger partial charge in [-0.15, -0.1) is 12.6 Å². The number of H-pyrrole nitrogens is 2. The molecule has 4 rings (SSSR count). The molecule has 0 aromatic carbocycles. The van der Waals surface area contributed by atoms with Crippen molar-refractivity contribution in [1.29, 1.82) is 0 Å². The third kappa shape index (κ3) is 7.33. The Hall–Kier alpha value is -3.90. The molecule has 0 spiro atoms. The minimum atomic E-state index is -0.929. The van der Waals surface area contributed by atoms with Crippen LogP contribution in [0.3, 0.4) is 0 Å². The second-order valence-corrected chi connectivity index (χ2v) is 12.6. The van der Waals surface area contributed by atoms with Crippen molar-refractivity contribution in [3.05, 3.63) is 72.7 Å². The van der Waals surface area contributed by atoms with Crippen molar-refractivity contribution in [3.8, 4) is 0 Å². The normalized spacial score (nSPS) is 21.6. The van der Waals surface area contributed by atoms with Crippen LogP contribution in [0.4, 0.5) is 0 Å². The van der Waals surface area contributed by atoms with Gasteiger partial charge in [-0.1, -0.05) is 13.5 Å². The number of hydrogen-bond acceptors (Lipinski definition) is 6. The molecular formula is C33H40N4O6S2. The first kappa shape index (κ1) is 34.0. The molecule has 1 fully saturated rings. The van der Waals surface area contributed by atoms with Crippen molar-refractivity contribution in [2.24, 2.45) is 11.8 Å². The number of carboxylic acids is 2.